The Hall–Kier alpha value is -2.33. The van der Waals surface area contributed by atoms with Gasteiger partial charge in [-0.2, -0.15) is 0 Å². The normalized spacial score (nSPS) is 14.3. The number of carbonyl (C=O) groups is 1. The second-order valence-electron chi connectivity index (χ2n) is 5.87. The lowest BCUT2D eigenvalue weighted by Crippen LogP contribution is -2.27. The van der Waals surface area contributed by atoms with Crippen LogP contribution < -0.4 is 10.6 Å². The van der Waals surface area contributed by atoms with Gasteiger partial charge < -0.3 is 15.5 Å². The zero-order valence-corrected chi connectivity index (χ0v) is 13.0. The second-order valence-corrected chi connectivity index (χ2v) is 5.87. The highest BCUT2D eigenvalue weighted by molar-refractivity contribution is 6.00. The van der Waals surface area contributed by atoms with Gasteiger partial charge >= 0.3 is 6.03 Å². The summed E-state index contributed by atoms with van der Waals surface area (Å²) in [5, 5.41) is 5.80. The first-order valence-corrected chi connectivity index (χ1v) is 7.56. The van der Waals surface area contributed by atoms with Gasteiger partial charge in [0.1, 0.15) is 0 Å². The zero-order chi connectivity index (χ0) is 15.5. The maximum absolute atomic E-state index is 12.1. The predicted octanol–water partition coefficient (Wildman–Crippen LogP) is 3.63. The number of amides is 2. The summed E-state index contributed by atoms with van der Waals surface area (Å²) in [6.45, 7) is 4.00. The number of hydrogen-bond acceptors (Lipinski definition) is 2. The highest BCUT2D eigenvalue weighted by atomic mass is 16.2. The smallest absolute Gasteiger partial charge is 0.308 e. The van der Waals surface area contributed by atoms with E-state index >= 15 is 0 Å². The Morgan fingerprint density at radius 2 is 1.91 bits per heavy atom. The Labute approximate surface area is 131 Å². The molecule has 2 amide bonds. The fourth-order valence-corrected chi connectivity index (χ4v) is 2.77. The molecule has 0 spiro atoms. The van der Waals surface area contributed by atoms with Crippen LogP contribution in [-0.2, 0) is 13.0 Å². The number of fused-ring (bicyclic) bond motifs is 1. The first kappa shape index (κ1) is 14.6. The second kappa shape index (κ2) is 6.20. The van der Waals surface area contributed by atoms with Gasteiger partial charge in [0.25, 0.3) is 0 Å². The molecule has 0 saturated heterocycles. The Morgan fingerprint density at radius 3 is 2.73 bits per heavy atom. The fraction of sp³-hybridized carbons (Fsp3) is 0.278. The molecule has 0 atom stereocenters. The van der Waals surface area contributed by atoms with Crippen LogP contribution in [0.4, 0.5) is 16.2 Å². The summed E-state index contributed by atoms with van der Waals surface area (Å²) < 4.78 is 0. The number of benzene rings is 2. The SMILES string of the molecule is Cc1ccccc1NC(=O)Nc1ccc2c(c1)CN(C)CC2. The first-order chi connectivity index (χ1) is 10.6. The Kier molecular flexibility index (Phi) is 4.11. The van der Waals surface area contributed by atoms with Crippen LogP contribution in [0.1, 0.15) is 16.7 Å². The standard InChI is InChI=1S/C18H21N3O/c1-13-5-3-4-6-17(13)20-18(22)19-16-8-7-14-9-10-21(2)12-15(14)11-16/h3-8,11H,9-10,12H2,1-2H3,(H2,19,20,22). The van der Waals surface area contributed by atoms with E-state index in [-0.39, 0.29) is 6.03 Å². The highest BCUT2D eigenvalue weighted by Crippen LogP contribution is 2.22. The van der Waals surface area contributed by atoms with Gasteiger partial charge in [-0.3, -0.25) is 0 Å². The number of nitrogens with one attached hydrogen (secondary N) is 2. The molecular weight excluding hydrogens is 274 g/mol. The Morgan fingerprint density at radius 1 is 1.09 bits per heavy atom. The Balaban J connectivity index is 1.69. The van der Waals surface area contributed by atoms with Crippen molar-refractivity contribution in [1.29, 1.82) is 0 Å². The molecule has 0 aliphatic carbocycles. The van der Waals surface area contributed by atoms with Crippen molar-refractivity contribution in [2.45, 2.75) is 19.9 Å². The van der Waals surface area contributed by atoms with Gasteiger partial charge in [0.15, 0.2) is 0 Å². The summed E-state index contributed by atoms with van der Waals surface area (Å²) >= 11 is 0. The summed E-state index contributed by atoms with van der Waals surface area (Å²) in [4.78, 5) is 14.4. The minimum Gasteiger partial charge on any atom is -0.308 e. The molecule has 0 bridgehead atoms. The third-order valence-corrected chi connectivity index (χ3v) is 4.06. The minimum atomic E-state index is -0.210. The summed E-state index contributed by atoms with van der Waals surface area (Å²) in [5.74, 6) is 0. The molecule has 22 heavy (non-hydrogen) atoms. The third-order valence-electron chi connectivity index (χ3n) is 4.06. The minimum absolute atomic E-state index is 0.210. The number of likely N-dealkylation sites (N-methyl/N-ethyl adjacent to an activating group) is 1. The van der Waals surface area contributed by atoms with Crippen molar-refractivity contribution in [3.8, 4) is 0 Å². The molecule has 0 aromatic heterocycles. The molecule has 2 aromatic rings. The van der Waals surface area contributed by atoms with Crippen LogP contribution in [0.15, 0.2) is 42.5 Å². The Bertz CT molecular complexity index is 696. The molecular formula is C18H21N3O. The van der Waals surface area contributed by atoms with Crippen LogP contribution in [0.5, 0.6) is 0 Å². The number of rotatable bonds is 2. The van der Waals surface area contributed by atoms with Crippen molar-refractivity contribution in [3.05, 3.63) is 59.2 Å². The lowest BCUT2D eigenvalue weighted by molar-refractivity contribution is 0.262. The van der Waals surface area contributed by atoms with Gasteiger partial charge in [-0.25, -0.2) is 4.79 Å². The number of para-hydroxylation sites is 1. The molecule has 1 heterocycles. The number of anilines is 2. The van der Waals surface area contributed by atoms with E-state index in [0.717, 1.165) is 36.4 Å². The van der Waals surface area contributed by atoms with Gasteiger partial charge in [0.05, 0.1) is 0 Å². The molecule has 0 unspecified atom stereocenters. The van der Waals surface area contributed by atoms with Crippen molar-refractivity contribution < 1.29 is 4.79 Å². The summed E-state index contributed by atoms with van der Waals surface area (Å²) in [6, 6.07) is 13.7. The number of carbonyl (C=O) groups excluding carboxylic acids is 1. The molecule has 4 heteroatoms. The molecule has 4 nitrogen and oxygen atoms in total. The summed E-state index contributed by atoms with van der Waals surface area (Å²) in [7, 11) is 2.12. The molecule has 0 saturated carbocycles. The number of nitrogens with zero attached hydrogens (tertiary/aromatic N) is 1. The van der Waals surface area contributed by atoms with E-state index in [1.54, 1.807) is 0 Å². The van der Waals surface area contributed by atoms with Crippen LogP contribution in [0.3, 0.4) is 0 Å². The van der Waals surface area contributed by atoms with Crippen molar-refractivity contribution in [2.24, 2.45) is 0 Å². The number of urea groups is 1. The highest BCUT2D eigenvalue weighted by Gasteiger charge is 2.14. The van der Waals surface area contributed by atoms with E-state index < -0.39 is 0 Å². The summed E-state index contributed by atoms with van der Waals surface area (Å²) in [6.07, 6.45) is 1.07. The molecule has 2 aromatic carbocycles. The van der Waals surface area contributed by atoms with Gasteiger partial charge in [0, 0.05) is 24.5 Å². The fourth-order valence-electron chi connectivity index (χ4n) is 2.77. The molecule has 0 radical (unpaired) electrons. The van der Waals surface area contributed by atoms with Crippen LogP contribution >= 0.6 is 0 Å². The monoisotopic (exact) mass is 295 g/mol. The lowest BCUT2D eigenvalue weighted by atomic mass is 9.99. The largest absolute Gasteiger partial charge is 0.323 e. The molecule has 1 aliphatic rings. The molecule has 1 aliphatic heterocycles. The lowest BCUT2D eigenvalue weighted by Gasteiger charge is -2.25. The van der Waals surface area contributed by atoms with Crippen molar-refractivity contribution in [3.63, 3.8) is 0 Å². The van der Waals surface area contributed by atoms with Crippen LogP contribution in [-0.4, -0.2) is 24.5 Å². The van der Waals surface area contributed by atoms with E-state index in [0.29, 0.717) is 0 Å². The van der Waals surface area contributed by atoms with Gasteiger partial charge in [0.2, 0.25) is 0 Å². The van der Waals surface area contributed by atoms with E-state index in [9.17, 15) is 4.79 Å². The maximum Gasteiger partial charge on any atom is 0.323 e. The van der Waals surface area contributed by atoms with Gasteiger partial charge in [-0.15, -0.1) is 0 Å². The first-order valence-electron chi connectivity index (χ1n) is 7.56. The van der Waals surface area contributed by atoms with Gasteiger partial charge in [-0.05, 0) is 55.3 Å². The van der Waals surface area contributed by atoms with Crippen LogP contribution in [0.2, 0.25) is 0 Å². The molecule has 114 valence electrons. The maximum atomic E-state index is 12.1. The quantitative estimate of drug-likeness (QED) is 0.888. The average molecular weight is 295 g/mol. The van der Waals surface area contributed by atoms with E-state index in [2.05, 4.69) is 34.7 Å². The van der Waals surface area contributed by atoms with Crippen molar-refractivity contribution in [2.75, 3.05) is 24.2 Å². The van der Waals surface area contributed by atoms with E-state index in [1.807, 2.05) is 37.3 Å². The predicted molar refractivity (Wildman–Crippen MR) is 90.3 cm³/mol. The van der Waals surface area contributed by atoms with E-state index in [4.69, 9.17) is 0 Å². The van der Waals surface area contributed by atoms with Gasteiger partial charge in [-0.1, -0.05) is 24.3 Å². The molecule has 2 N–H and O–H groups in total. The molecule has 3 rings (SSSR count). The average Bonchev–Trinajstić information content (AvgIpc) is 2.49. The van der Waals surface area contributed by atoms with Crippen LogP contribution in [0.25, 0.3) is 0 Å². The summed E-state index contributed by atoms with van der Waals surface area (Å²) in [5.41, 5.74) is 5.38. The molecule has 0 fully saturated rings. The van der Waals surface area contributed by atoms with Crippen molar-refractivity contribution >= 4 is 17.4 Å². The number of aryl methyl sites for hydroxylation is 1. The van der Waals surface area contributed by atoms with Crippen LogP contribution in [0, 0.1) is 6.92 Å². The number of hydrogen-bond donors (Lipinski definition) is 2. The van der Waals surface area contributed by atoms with E-state index in [1.165, 1.54) is 11.1 Å². The topological polar surface area (TPSA) is 44.4 Å². The third kappa shape index (κ3) is 3.28. The van der Waals surface area contributed by atoms with Crippen molar-refractivity contribution in [1.82, 2.24) is 4.90 Å². The zero-order valence-electron chi connectivity index (χ0n) is 13.0.